The number of hydrogen-bond donors (Lipinski definition) is 4. The van der Waals surface area contributed by atoms with Crippen LogP contribution >= 0.6 is 11.3 Å². The third-order valence-electron chi connectivity index (χ3n) is 7.33. The van der Waals surface area contributed by atoms with E-state index in [1.54, 1.807) is 11.3 Å². The zero-order valence-electron chi connectivity index (χ0n) is 19.1. The van der Waals surface area contributed by atoms with Crippen molar-refractivity contribution in [3.05, 3.63) is 40.3 Å². The van der Waals surface area contributed by atoms with E-state index in [-0.39, 0.29) is 12.1 Å². The summed E-state index contributed by atoms with van der Waals surface area (Å²) < 4.78 is 0. The number of piperazine rings is 1. The lowest BCUT2D eigenvalue weighted by Crippen LogP contribution is -2.44. The number of aliphatic hydroxyl groups excluding tert-OH is 1. The molecule has 0 radical (unpaired) electrons. The summed E-state index contributed by atoms with van der Waals surface area (Å²) in [6.07, 6.45) is 3.84. The molecular weight excluding hydrogens is 432 g/mol. The van der Waals surface area contributed by atoms with Crippen LogP contribution in [0.5, 0.6) is 0 Å². The lowest BCUT2D eigenvalue weighted by Gasteiger charge is -2.34. The van der Waals surface area contributed by atoms with Crippen molar-refractivity contribution in [2.75, 3.05) is 50.0 Å². The van der Waals surface area contributed by atoms with Gasteiger partial charge in [-0.05, 0) is 49.5 Å². The van der Waals surface area contributed by atoms with E-state index in [0.717, 1.165) is 85.7 Å². The van der Waals surface area contributed by atoms with E-state index < -0.39 is 0 Å². The Morgan fingerprint density at radius 3 is 2.82 bits per heavy atom. The van der Waals surface area contributed by atoms with Gasteiger partial charge in [0.15, 0.2) is 0 Å². The van der Waals surface area contributed by atoms with Gasteiger partial charge in [-0.2, -0.15) is 0 Å². The Morgan fingerprint density at radius 1 is 1.12 bits per heavy atom. The van der Waals surface area contributed by atoms with E-state index in [2.05, 4.69) is 62.1 Å². The summed E-state index contributed by atoms with van der Waals surface area (Å²) >= 11 is 1.73. The first-order chi connectivity index (χ1) is 16.2. The summed E-state index contributed by atoms with van der Waals surface area (Å²) in [7, 11) is 2.19. The van der Waals surface area contributed by atoms with Gasteiger partial charge in [0.2, 0.25) is 0 Å². The van der Waals surface area contributed by atoms with Crippen molar-refractivity contribution in [1.82, 2.24) is 20.2 Å². The number of aromatic amines is 1. The second-order valence-electron chi connectivity index (χ2n) is 9.55. The highest BCUT2D eigenvalue weighted by atomic mass is 32.1. The van der Waals surface area contributed by atoms with Crippen molar-refractivity contribution in [1.29, 1.82) is 0 Å². The molecule has 3 aliphatic rings. The number of fused-ring (bicyclic) bond motifs is 2. The zero-order valence-corrected chi connectivity index (χ0v) is 19.9. The van der Waals surface area contributed by atoms with Crippen molar-refractivity contribution < 1.29 is 5.11 Å². The molecule has 0 spiro atoms. The summed E-state index contributed by atoms with van der Waals surface area (Å²) in [6, 6.07) is 8.79. The Labute approximate surface area is 198 Å². The smallest absolute Gasteiger partial charge is 0.138 e. The molecule has 7 nitrogen and oxygen atoms in total. The molecule has 0 unspecified atom stereocenters. The van der Waals surface area contributed by atoms with Crippen LogP contribution in [0.25, 0.3) is 22.3 Å². The molecule has 3 aromatic rings. The molecule has 33 heavy (non-hydrogen) atoms. The third-order valence-corrected chi connectivity index (χ3v) is 8.26. The van der Waals surface area contributed by atoms with E-state index in [1.165, 1.54) is 10.6 Å². The Bertz CT molecular complexity index is 1170. The number of likely N-dealkylation sites (N-methyl/N-ethyl adjacent to an activating group) is 1. The van der Waals surface area contributed by atoms with Crippen LogP contribution < -0.4 is 15.5 Å². The van der Waals surface area contributed by atoms with Gasteiger partial charge in [0, 0.05) is 44.0 Å². The fourth-order valence-electron chi connectivity index (χ4n) is 5.27. The van der Waals surface area contributed by atoms with Gasteiger partial charge in [-0.1, -0.05) is 12.8 Å². The van der Waals surface area contributed by atoms with Gasteiger partial charge >= 0.3 is 0 Å². The number of hydrogen-bond acceptors (Lipinski definition) is 7. The molecule has 2 atom stereocenters. The first-order valence-corrected chi connectivity index (χ1v) is 13.0. The minimum atomic E-state index is -0.299. The fraction of sp³-hybridized carbons (Fsp3) is 0.480. The molecule has 4 heterocycles. The van der Waals surface area contributed by atoms with Gasteiger partial charge in [0.1, 0.15) is 5.82 Å². The highest BCUT2D eigenvalue weighted by Crippen LogP contribution is 2.38. The normalized spacial score (nSPS) is 24.1. The summed E-state index contributed by atoms with van der Waals surface area (Å²) in [5.74, 6) is 0.903. The minimum Gasteiger partial charge on any atom is -0.391 e. The zero-order chi connectivity index (χ0) is 22.4. The number of benzene rings is 1. The minimum absolute atomic E-state index is 0.0880. The van der Waals surface area contributed by atoms with Crippen LogP contribution in [0.1, 0.15) is 36.4 Å². The van der Waals surface area contributed by atoms with Gasteiger partial charge in [0.05, 0.1) is 39.4 Å². The van der Waals surface area contributed by atoms with Gasteiger partial charge in [-0.25, -0.2) is 4.98 Å². The lowest BCUT2D eigenvalue weighted by molar-refractivity contribution is 0.0987. The van der Waals surface area contributed by atoms with E-state index in [9.17, 15) is 5.11 Å². The molecule has 1 saturated heterocycles. The van der Waals surface area contributed by atoms with Crippen LogP contribution in [0.2, 0.25) is 0 Å². The Balaban J connectivity index is 1.36. The molecule has 0 amide bonds. The van der Waals surface area contributed by atoms with Crippen molar-refractivity contribution in [3.63, 3.8) is 0 Å². The van der Waals surface area contributed by atoms with Crippen LogP contribution in [0.3, 0.4) is 0 Å². The molecule has 0 bridgehead atoms. The first kappa shape index (κ1) is 21.0. The summed E-state index contributed by atoms with van der Waals surface area (Å²) in [4.78, 5) is 14.6. The van der Waals surface area contributed by atoms with Crippen LogP contribution in [-0.4, -0.2) is 71.9 Å². The van der Waals surface area contributed by atoms with Gasteiger partial charge < -0.3 is 30.5 Å². The van der Waals surface area contributed by atoms with Crippen molar-refractivity contribution in [2.24, 2.45) is 0 Å². The number of nitrogens with zero attached hydrogens (tertiary/aromatic N) is 3. The van der Waals surface area contributed by atoms with Crippen molar-refractivity contribution >= 4 is 45.0 Å². The predicted octanol–water partition coefficient (Wildman–Crippen LogP) is 3.56. The van der Waals surface area contributed by atoms with Crippen molar-refractivity contribution in [3.8, 4) is 0 Å². The average molecular weight is 465 g/mol. The highest BCUT2D eigenvalue weighted by molar-refractivity contribution is 7.11. The molecule has 6 rings (SSSR count). The number of imidazole rings is 1. The maximum Gasteiger partial charge on any atom is 0.138 e. The number of aliphatic hydroxyl groups is 1. The summed E-state index contributed by atoms with van der Waals surface area (Å²) in [5, 5.41) is 20.0. The molecule has 8 heteroatoms. The maximum atomic E-state index is 10.6. The van der Waals surface area contributed by atoms with Crippen LogP contribution in [-0.2, 0) is 0 Å². The summed E-state index contributed by atoms with van der Waals surface area (Å²) in [6.45, 7) is 5.00. The Morgan fingerprint density at radius 2 is 1.97 bits per heavy atom. The van der Waals surface area contributed by atoms with E-state index in [1.807, 2.05) is 0 Å². The lowest BCUT2D eigenvalue weighted by atomic mass is 9.92. The number of rotatable bonds is 4. The molecule has 1 aromatic carbocycles. The number of anilines is 2. The maximum absolute atomic E-state index is 10.6. The fourth-order valence-corrected chi connectivity index (χ4v) is 6.18. The first-order valence-electron chi connectivity index (χ1n) is 12.1. The molecular formula is C25H32N6OS. The number of aromatic nitrogens is 2. The van der Waals surface area contributed by atoms with Crippen molar-refractivity contribution in [2.45, 2.75) is 37.8 Å². The van der Waals surface area contributed by atoms with Gasteiger partial charge in [-0.3, -0.25) is 0 Å². The van der Waals surface area contributed by atoms with Crippen LogP contribution in [0.4, 0.5) is 11.4 Å². The SMILES string of the molecule is CN1CCN(c2ccc3nc(C4=C(N[C@@H]5CCCC[C@@H]5O)c5sccc5NC4)[nH]c3c2)CC1. The topological polar surface area (TPSA) is 79.4 Å². The van der Waals surface area contributed by atoms with Crippen LogP contribution in [0, 0.1) is 0 Å². The molecule has 2 aromatic heterocycles. The Hall–Kier alpha value is -2.55. The molecule has 1 aliphatic carbocycles. The van der Waals surface area contributed by atoms with Gasteiger partial charge in [0.25, 0.3) is 0 Å². The third kappa shape index (κ3) is 4.00. The summed E-state index contributed by atoms with van der Waals surface area (Å²) in [5.41, 5.74) is 6.73. The highest BCUT2D eigenvalue weighted by Gasteiger charge is 2.29. The molecule has 174 valence electrons. The second kappa shape index (κ2) is 8.66. The predicted molar refractivity (Wildman–Crippen MR) is 137 cm³/mol. The second-order valence-corrected chi connectivity index (χ2v) is 10.5. The average Bonchev–Trinajstić information content (AvgIpc) is 3.48. The standard InChI is InChI=1S/C25H32N6OS/c1-30-9-11-31(12-10-30)16-6-7-18-21(14-16)29-25(28-18)17-15-26-20-8-13-33-24(20)23(17)27-19-4-2-3-5-22(19)32/h6-8,13-14,19,22,26-27,32H,2-5,9-12,15H2,1H3,(H,28,29)/t19-,22+/m1/s1. The molecule has 2 aliphatic heterocycles. The van der Waals surface area contributed by atoms with Crippen LogP contribution in [0.15, 0.2) is 29.6 Å². The quantitative estimate of drug-likeness (QED) is 0.473. The van der Waals surface area contributed by atoms with Gasteiger partial charge in [-0.15, -0.1) is 11.3 Å². The Kier molecular flexibility index (Phi) is 5.52. The molecule has 2 fully saturated rings. The monoisotopic (exact) mass is 464 g/mol. The number of H-pyrrole nitrogens is 1. The van der Waals surface area contributed by atoms with E-state index in [4.69, 9.17) is 4.98 Å². The largest absolute Gasteiger partial charge is 0.391 e. The van der Waals surface area contributed by atoms with E-state index >= 15 is 0 Å². The number of nitrogens with one attached hydrogen (secondary N) is 3. The molecule has 1 saturated carbocycles. The number of thiophene rings is 1. The van der Waals surface area contributed by atoms with E-state index in [0.29, 0.717) is 6.54 Å². The molecule has 4 N–H and O–H groups in total.